The van der Waals surface area contributed by atoms with Gasteiger partial charge >= 0.3 is 6.09 Å². The van der Waals surface area contributed by atoms with E-state index in [-0.39, 0.29) is 19.1 Å². The largest absolute Gasteiger partial charge is 0.445 e. The van der Waals surface area contributed by atoms with Crippen molar-refractivity contribution in [2.24, 2.45) is 0 Å². The summed E-state index contributed by atoms with van der Waals surface area (Å²) in [6.07, 6.45) is 0.816. The summed E-state index contributed by atoms with van der Waals surface area (Å²) in [5, 5.41) is 1.31. The van der Waals surface area contributed by atoms with Crippen molar-refractivity contribution in [3.8, 4) is 0 Å². The van der Waals surface area contributed by atoms with Crippen molar-refractivity contribution in [3.63, 3.8) is 0 Å². The molecule has 1 heterocycles. The zero-order valence-corrected chi connectivity index (χ0v) is 17.8. The highest BCUT2D eigenvalue weighted by Gasteiger charge is 2.38. The van der Waals surface area contributed by atoms with Crippen LogP contribution >= 0.6 is 0 Å². The third kappa shape index (κ3) is 5.34. The first kappa shape index (κ1) is 21.6. The zero-order valence-electron chi connectivity index (χ0n) is 17.8. The van der Waals surface area contributed by atoms with E-state index in [1.807, 2.05) is 91.0 Å². The first-order valence-electron chi connectivity index (χ1n) is 10.8. The number of rotatable bonds is 7. The van der Waals surface area contributed by atoms with Crippen LogP contribution in [0.3, 0.4) is 0 Å². The number of amides is 2. The second kappa shape index (κ2) is 10.6. The minimum atomic E-state index is -0.630. The number of hydrogen-bond donors (Lipinski definition) is 0. The lowest BCUT2D eigenvalue weighted by Crippen LogP contribution is -2.48. The van der Waals surface area contributed by atoms with E-state index in [2.05, 4.69) is 0 Å². The van der Waals surface area contributed by atoms with Gasteiger partial charge in [-0.2, -0.15) is 5.06 Å². The summed E-state index contributed by atoms with van der Waals surface area (Å²) in [4.78, 5) is 33.7. The van der Waals surface area contributed by atoms with Crippen LogP contribution in [0.15, 0.2) is 91.0 Å². The second-order valence-electron chi connectivity index (χ2n) is 7.62. The monoisotopic (exact) mass is 430 g/mol. The predicted octanol–water partition coefficient (Wildman–Crippen LogP) is 4.95. The Labute approximate surface area is 187 Å². The lowest BCUT2D eigenvalue weighted by molar-refractivity contribution is -0.130. The lowest BCUT2D eigenvalue weighted by atomic mass is 10.2. The Morgan fingerprint density at radius 1 is 0.812 bits per heavy atom. The Morgan fingerprint density at radius 2 is 1.38 bits per heavy atom. The molecule has 0 N–H and O–H groups in total. The van der Waals surface area contributed by atoms with Crippen molar-refractivity contribution in [1.82, 2.24) is 4.90 Å². The molecule has 0 spiro atoms. The van der Waals surface area contributed by atoms with Gasteiger partial charge in [-0.15, -0.1) is 0 Å². The molecule has 164 valence electrons. The van der Waals surface area contributed by atoms with Crippen LogP contribution in [0.2, 0.25) is 0 Å². The van der Waals surface area contributed by atoms with Crippen molar-refractivity contribution in [2.45, 2.75) is 32.1 Å². The molecule has 1 aliphatic rings. The third-order valence-electron chi connectivity index (χ3n) is 5.37. The molecule has 1 unspecified atom stereocenters. The van der Waals surface area contributed by atoms with E-state index in [0.717, 1.165) is 17.5 Å². The predicted molar refractivity (Wildman–Crippen MR) is 122 cm³/mol. The van der Waals surface area contributed by atoms with Crippen molar-refractivity contribution < 1.29 is 19.2 Å². The number of nitrogens with zero attached hydrogens (tertiary/aromatic N) is 2. The number of anilines is 1. The molecule has 1 atom stereocenters. The molecule has 0 saturated carbocycles. The fourth-order valence-electron chi connectivity index (χ4n) is 3.72. The number of para-hydroxylation sites is 1. The summed E-state index contributed by atoms with van der Waals surface area (Å²) in [7, 11) is 0. The highest BCUT2D eigenvalue weighted by molar-refractivity contribution is 5.97. The molecule has 0 aromatic heterocycles. The lowest BCUT2D eigenvalue weighted by Gasteiger charge is -2.29. The van der Waals surface area contributed by atoms with E-state index in [1.165, 1.54) is 9.96 Å². The van der Waals surface area contributed by atoms with Crippen LogP contribution in [0.4, 0.5) is 10.5 Å². The van der Waals surface area contributed by atoms with Gasteiger partial charge in [0.15, 0.2) is 0 Å². The summed E-state index contributed by atoms with van der Waals surface area (Å²) >= 11 is 0. The van der Waals surface area contributed by atoms with Crippen LogP contribution in [0.5, 0.6) is 0 Å². The van der Waals surface area contributed by atoms with Crippen LogP contribution in [0.1, 0.15) is 24.0 Å². The van der Waals surface area contributed by atoms with Gasteiger partial charge in [0.25, 0.3) is 5.91 Å². The Balaban J connectivity index is 1.46. The number of ether oxygens (including phenoxy) is 1. The third-order valence-corrected chi connectivity index (χ3v) is 5.37. The fraction of sp³-hybridized carbons (Fsp3) is 0.231. The first-order chi connectivity index (χ1) is 15.7. The van der Waals surface area contributed by atoms with E-state index in [1.54, 1.807) is 0 Å². The Hall–Kier alpha value is -3.64. The van der Waals surface area contributed by atoms with Crippen LogP contribution in [-0.4, -0.2) is 29.5 Å². The molecule has 3 aromatic carbocycles. The first-order valence-corrected chi connectivity index (χ1v) is 10.8. The highest BCUT2D eigenvalue weighted by atomic mass is 16.7. The van der Waals surface area contributed by atoms with Gasteiger partial charge in [0, 0.05) is 6.54 Å². The van der Waals surface area contributed by atoms with Gasteiger partial charge in [0.05, 0.1) is 5.69 Å². The molecule has 1 aliphatic heterocycles. The Bertz CT molecular complexity index is 1010. The second-order valence-corrected chi connectivity index (χ2v) is 7.62. The summed E-state index contributed by atoms with van der Waals surface area (Å²) in [6, 6.07) is 27.7. The summed E-state index contributed by atoms with van der Waals surface area (Å²) < 4.78 is 5.48. The molecule has 4 rings (SSSR count). The van der Waals surface area contributed by atoms with E-state index >= 15 is 0 Å². The maximum atomic E-state index is 13.5. The quantitative estimate of drug-likeness (QED) is 0.498. The normalized spacial score (nSPS) is 15.4. The summed E-state index contributed by atoms with van der Waals surface area (Å²) in [5.74, 6) is -0.277. The molecule has 1 fully saturated rings. The Morgan fingerprint density at radius 3 is 2.00 bits per heavy atom. The van der Waals surface area contributed by atoms with E-state index < -0.39 is 12.1 Å². The van der Waals surface area contributed by atoms with Gasteiger partial charge in [-0.3, -0.25) is 14.5 Å². The molecular weight excluding hydrogens is 404 g/mol. The minimum Gasteiger partial charge on any atom is -0.445 e. The van der Waals surface area contributed by atoms with Gasteiger partial charge in [0.2, 0.25) is 0 Å². The van der Waals surface area contributed by atoms with E-state index in [4.69, 9.17) is 9.57 Å². The zero-order chi connectivity index (χ0) is 22.2. The van der Waals surface area contributed by atoms with Crippen molar-refractivity contribution in [1.29, 1.82) is 0 Å². The molecular formula is C26H26N2O4. The molecule has 0 bridgehead atoms. The molecule has 0 aliphatic carbocycles. The highest BCUT2D eigenvalue weighted by Crippen LogP contribution is 2.25. The van der Waals surface area contributed by atoms with Crippen LogP contribution in [0.25, 0.3) is 0 Å². The molecule has 0 radical (unpaired) electrons. The van der Waals surface area contributed by atoms with Gasteiger partial charge < -0.3 is 4.74 Å². The average molecular weight is 431 g/mol. The Kier molecular flexibility index (Phi) is 7.15. The van der Waals surface area contributed by atoms with Gasteiger partial charge in [0.1, 0.15) is 19.3 Å². The van der Waals surface area contributed by atoms with Crippen molar-refractivity contribution in [3.05, 3.63) is 102 Å². The van der Waals surface area contributed by atoms with Gasteiger partial charge in [-0.25, -0.2) is 4.79 Å². The van der Waals surface area contributed by atoms with Crippen molar-refractivity contribution >= 4 is 17.7 Å². The SMILES string of the molecule is O=C(C1CCCN1C(=O)OCc1ccccc1)N(OCc1ccccc1)c1ccccc1. The molecule has 2 amide bonds. The number of carbonyl (C=O) groups excluding carboxylic acids is 2. The fourth-order valence-corrected chi connectivity index (χ4v) is 3.72. The number of carbonyl (C=O) groups is 2. The van der Waals surface area contributed by atoms with E-state index in [9.17, 15) is 9.59 Å². The number of hydroxylamine groups is 1. The molecule has 1 saturated heterocycles. The van der Waals surface area contributed by atoms with Gasteiger partial charge in [-0.05, 0) is 36.1 Å². The molecule has 3 aromatic rings. The average Bonchev–Trinajstić information content (AvgIpc) is 3.35. The maximum Gasteiger partial charge on any atom is 0.410 e. The smallest absolute Gasteiger partial charge is 0.410 e. The summed E-state index contributed by atoms with van der Waals surface area (Å²) in [5.41, 5.74) is 2.48. The van der Waals surface area contributed by atoms with Crippen molar-refractivity contribution in [2.75, 3.05) is 11.6 Å². The van der Waals surface area contributed by atoms with E-state index in [0.29, 0.717) is 18.7 Å². The van der Waals surface area contributed by atoms with Crippen LogP contribution in [0, 0.1) is 0 Å². The minimum absolute atomic E-state index is 0.171. The number of benzene rings is 3. The van der Waals surface area contributed by atoms with Crippen LogP contribution < -0.4 is 5.06 Å². The number of hydrogen-bond acceptors (Lipinski definition) is 4. The molecule has 6 nitrogen and oxygen atoms in total. The standard InChI is InChI=1S/C26H26N2O4/c29-25(24-17-10-18-27(24)26(30)31-19-21-11-4-1-5-12-21)28(23-15-8-3-9-16-23)32-20-22-13-6-2-7-14-22/h1-9,11-16,24H,10,17-20H2. The number of likely N-dealkylation sites (tertiary alicyclic amines) is 1. The molecule has 32 heavy (non-hydrogen) atoms. The van der Waals surface area contributed by atoms with Crippen LogP contribution in [-0.2, 0) is 27.6 Å². The molecule has 6 heteroatoms. The van der Waals surface area contributed by atoms with Gasteiger partial charge in [-0.1, -0.05) is 78.9 Å². The maximum absolute atomic E-state index is 13.5. The topological polar surface area (TPSA) is 59.1 Å². The summed E-state index contributed by atoms with van der Waals surface area (Å²) in [6.45, 7) is 0.891.